The lowest BCUT2D eigenvalue weighted by molar-refractivity contribution is 0.102. The fraction of sp³-hybridized carbons (Fsp3) is 0.0476. The van der Waals surface area contributed by atoms with Crippen molar-refractivity contribution in [1.82, 2.24) is 4.98 Å². The van der Waals surface area contributed by atoms with E-state index in [9.17, 15) is 4.79 Å². The van der Waals surface area contributed by atoms with Gasteiger partial charge in [0, 0.05) is 16.3 Å². The van der Waals surface area contributed by atoms with Gasteiger partial charge in [-0.25, -0.2) is 4.98 Å². The molecular weight excluding hydrogens is 399 g/mol. The fourth-order valence-electron chi connectivity index (χ4n) is 2.73. The molecule has 0 aliphatic rings. The van der Waals surface area contributed by atoms with Crippen LogP contribution in [0.25, 0.3) is 22.6 Å². The van der Waals surface area contributed by atoms with Gasteiger partial charge in [0.2, 0.25) is 5.89 Å². The Morgan fingerprint density at radius 3 is 2.54 bits per heavy atom. The monoisotopic (exact) mass is 412 g/mol. The van der Waals surface area contributed by atoms with Gasteiger partial charge in [-0.3, -0.25) is 4.79 Å². The normalized spacial score (nSPS) is 10.8. The van der Waals surface area contributed by atoms with Gasteiger partial charge in [-0.2, -0.15) is 0 Å². The molecule has 0 saturated carbocycles. The van der Waals surface area contributed by atoms with Crippen molar-refractivity contribution in [2.24, 2.45) is 0 Å². The van der Waals surface area contributed by atoms with Crippen molar-refractivity contribution in [2.45, 2.75) is 0 Å². The molecule has 0 unspecified atom stereocenters. The number of carbonyl (C=O) groups excluding carboxylic acids is 1. The molecule has 0 fully saturated rings. The molecule has 4 rings (SSSR count). The van der Waals surface area contributed by atoms with Gasteiger partial charge in [-0.05, 0) is 60.7 Å². The van der Waals surface area contributed by atoms with Crippen LogP contribution >= 0.6 is 23.2 Å². The molecule has 3 aromatic carbocycles. The highest BCUT2D eigenvalue weighted by Crippen LogP contribution is 2.32. The second kappa shape index (κ2) is 7.54. The molecule has 1 N–H and O–H groups in total. The van der Waals surface area contributed by atoms with E-state index < -0.39 is 0 Å². The Kier molecular flexibility index (Phi) is 4.94. The van der Waals surface area contributed by atoms with E-state index in [4.69, 9.17) is 32.4 Å². The summed E-state index contributed by atoms with van der Waals surface area (Å²) in [5, 5.41) is 3.84. The van der Waals surface area contributed by atoms with Crippen LogP contribution in [0, 0.1) is 0 Å². The van der Waals surface area contributed by atoms with Crippen molar-refractivity contribution in [3.63, 3.8) is 0 Å². The number of methoxy groups -OCH3 is 1. The first-order chi connectivity index (χ1) is 13.5. The summed E-state index contributed by atoms with van der Waals surface area (Å²) in [7, 11) is 1.58. The zero-order valence-electron chi connectivity index (χ0n) is 14.7. The summed E-state index contributed by atoms with van der Waals surface area (Å²) in [6.07, 6.45) is 0. The van der Waals surface area contributed by atoms with Gasteiger partial charge in [-0.1, -0.05) is 23.2 Å². The molecule has 7 heteroatoms. The highest BCUT2D eigenvalue weighted by Gasteiger charge is 2.13. The molecule has 0 aliphatic heterocycles. The molecule has 4 aromatic rings. The Hall–Kier alpha value is -3.02. The summed E-state index contributed by atoms with van der Waals surface area (Å²) in [6, 6.07) is 17.2. The molecular formula is C21H14Cl2N2O3. The third-order valence-electron chi connectivity index (χ3n) is 4.16. The summed E-state index contributed by atoms with van der Waals surface area (Å²) in [5.74, 6) is 0.843. The first kappa shape index (κ1) is 18.3. The van der Waals surface area contributed by atoms with E-state index >= 15 is 0 Å². The van der Waals surface area contributed by atoms with Crippen LogP contribution in [0.4, 0.5) is 5.69 Å². The van der Waals surface area contributed by atoms with Crippen molar-refractivity contribution in [3.05, 3.63) is 76.3 Å². The van der Waals surface area contributed by atoms with E-state index in [2.05, 4.69) is 10.3 Å². The number of aromatic nitrogens is 1. The van der Waals surface area contributed by atoms with Crippen molar-refractivity contribution in [1.29, 1.82) is 0 Å². The minimum absolute atomic E-state index is 0.230. The lowest BCUT2D eigenvalue weighted by Gasteiger charge is -2.06. The number of carbonyl (C=O) groups is 1. The maximum Gasteiger partial charge on any atom is 0.255 e. The van der Waals surface area contributed by atoms with E-state index in [1.807, 2.05) is 0 Å². The van der Waals surface area contributed by atoms with Gasteiger partial charge in [0.15, 0.2) is 5.58 Å². The number of halogens is 2. The molecule has 0 saturated heterocycles. The van der Waals surface area contributed by atoms with Gasteiger partial charge < -0.3 is 14.5 Å². The summed E-state index contributed by atoms with van der Waals surface area (Å²) >= 11 is 12.2. The number of oxazole rings is 1. The van der Waals surface area contributed by atoms with Crippen LogP contribution in [-0.4, -0.2) is 18.0 Å². The largest absolute Gasteiger partial charge is 0.497 e. The van der Waals surface area contributed by atoms with Crippen LogP contribution in [0.2, 0.25) is 10.0 Å². The number of hydrogen-bond acceptors (Lipinski definition) is 4. The number of amides is 1. The summed E-state index contributed by atoms with van der Waals surface area (Å²) < 4.78 is 10.9. The first-order valence-electron chi connectivity index (χ1n) is 8.35. The number of fused-ring (bicyclic) bond motifs is 1. The number of nitrogens with one attached hydrogen (secondary N) is 1. The average Bonchev–Trinajstić information content (AvgIpc) is 3.11. The van der Waals surface area contributed by atoms with E-state index in [-0.39, 0.29) is 5.91 Å². The van der Waals surface area contributed by atoms with E-state index in [1.54, 1.807) is 67.8 Å². The van der Waals surface area contributed by atoms with Crippen molar-refractivity contribution in [2.75, 3.05) is 12.4 Å². The number of rotatable bonds is 4. The fourth-order valence-corrected chi connectivity index (χ4v) is 3.22. The lowest BCUT2D eigenvalue weighted by Crippen LogP contribution is -2.11. The standard InChI is InChI=1S/C21H14Cl2N2O3/c1-27-15-6-2-12(3-7-15)20(26)24-14-5-9-19-18(11-14)25-21(28-19)16-8-4-13(22)10-17(16)23/h2-11H,1H3,(H,24,26). The number of benzene rings is 3. The number of anilines is 1. The molecule has 28 heavy (non-hydrogen) atoms. The molecule has 140 valence electrons. The minimum atomic E-state index is -0.230. The average molecular weight is 413 g/mol. The van der Waals surface area contributed by atoms with E-state index in [0.717, 1.165) is 0 Å². The maximum atomic E-state index is 12.4. The highest BCUT2D eigenvalue weighted by atomic mass is 35.5. The van der Waals surface area contributed by atoms with Crippen LogP contribution in [0.15, 0.2) is 65.1 Å². The molecule has 5 nitrogen and oxygen atoms in total. The topological polar surface area (TPSA) is 64.4 Å². The molecule has 0 spiro atoms. The molecule has 0 bridgehead atoms. The van der Waals surface area contributed by atoms with Crippen LogP contribution < -0.4 is 10.1 Å². The highest BCUT2D eigenvalue weighted by molar-refractivity contribution is 6.36. The summed E-state index contributed by atoms with van der Waals surface area (Å²) in [5.41, 5.74) is 2.97. The van der Waals surface area contributed by atoms with Crippen molar-refractivity contribution >= 4 is 45.9 Å². The van der Waals surface area contributed by atoms with Crippen molar-refractivity contribution < 1.29 is 13.9 Å². The Morgan fingerprint density at radius 1 is 1.04 bits per heavy atom. The smallest absolute Gasteiger partial charge is 0.255 e. The van der Waals surface area contributed by atoms with Crippen LogP contribution in [0.1, 0.15) is 10.4 Å². The third kappa shape index (κ3) is 3.67. The predicted octanol–water partition coefficient (Wildman–Crippen LogP) is 6.06. The number of hydrogen-bond donors (Lipinski definition) is 1. The van der Waals surface area contributed by atoms with Gasteiger partial charge >= 0.3 is 0 Å². The van der Waals surface area contributed by atoms with Crippen molar-refractivity contribution in [3.8, 4) is 17.2 Å². The molecule has 1 aromatic heterocycles. The second-order valence-electron chi connectivity index (χ2n) is 6.01. The third-order valence-corrected chi connectivity index (χ3v) is 4.71. The Balaban J connectivity index is 1.60. The molecule has 0 radical (unpaired) electrons. The maximum absolute atomic E-state index is 12.4. The SMILES string of the molecule is COc1ccc(C(=O)Nc2ccc3oc(-c4ccc(Cl)cc4Cl)nc3c2)cc1. The summed E-state index contributed by atoms with van der Waals surface area (Å²) in [4.78, 5) is 16.9. The second-order valence-corrected chi connectivity index (χ2v) is 6.85. The number of nitrogens with zero attached hydrogens (tertiary/aromatic N) is 1. The van der Waals surface area contributed by atoms with Gasteiger partial charge in [0.1, 0.15) is 11.3 Å². The van der Waals surface area contributed by atoms with Gasteiger partial charge in [0.05, 0.1) is 17.7 Å². The Labute approximate surface area is 170 Å². The van der Waals surface area contributed by atoms with Crippen LogP contribution in [0.3, 0.4) is 0 Å². The molecule has 1 heterocycles. The predicted molar refractivity (Wildman–Crippen MR) is 110 cm³/mol. The van der Waals surface area contributed by atoms with Crippen LogP contribution in [0.5, 0.6) is 5.75 Å². The summed E-state index contributed by atoms with van der Waals surface area (Å²) in [6.45, 7) is 0. The molecule has 0 atom stereocenters. The number of ether oxygens (including phenoxy) is 1. The van der Waals surface area contributed by atoms with Gasteiger partial charge in [0.25, 0.3) is 5.91 Å². The quantitative estimate of drug-likeness (QED) is 0.442. The Morgan fingerprint density at radius 2 is 1.82 bits per heavy atom. The zero-order chi connectivity index (χ0) is 19.7. The molecule has 1 amide bonds. The minimum Gasteiger partial charge on any atom is -0.497 e. The first-order valence-corrected chi connectivity index (χ1v) is 9.10. The Bertz CT molecular complexity index is 1170. The van der Waals surface area contributed by atoms with Crippen LogP contribution in [-0.2, 0) is 0 Å². The molecule has 0 aliphatic carbocycles. The lowest BCUT2D eigenvalue weighted by atomic mass is 10.2. The van der Waals surface area contributed by atoms with E-state index in [0.29, 0.717) is 49.6 Å². The zero-order valence-corrected chi connectivity index (χ0v) is 16.2. The van der Waals surface area contributed by atoms with E-state index in [1.165, 1.54) is 0 Å². The van der Waals surface area contributed by atoms with Gasteiger partial charge in [-0.15, -0.1) is 0 Å².